The fraction of sp³-hybridized carbons (Fsp3) is 0.500. The molecule has 0 radical (unpaired) electrons. The molecule has 0 saturated heterocycles. The van der Waals surface area contributed by atoms with Crippen LogP contribution in [0.1, 0.15) is 39.7 Å². The van der Waals surface area contributed by atoms with E-state index in [1.807, 2.05) is 13.8 Å². The summed E-state index contributed by atoms with van der Waals surface area (Å²) in [6.45, 7) is 9.26. The van der Waals surface area contributed by atoms with E-state index in [-0.39, 0.29) is 10.9 Å². The lowest BCUT2D eigenvalue weighted by Crippen LogP contribution is -2.45. The van der Waals surface area contributed by atoms with Gasteiger partial charge in [0.05, 0.1) is 4.90 Å². The molecule has 2 N–H and O–H groups in total. The molecule has 0 saturated carbocycles. The van der Waals surface area contributed by atoms with E-state index in [1.54, 1.807) is 32.9 Å². The van der Waals surface area contributed by atoms with Crippen molar-refractivity contribution >= 4 is 22.1 Å². The number of hydrogen-bond acceptors (Lipinski definition) is 5. The molecule has 8 heteroatoms. The summed E-state index contributed by atoms with van der Waals surface area (Å²) < 4.78 is 32.2. The molecular formula is C16H25N3O4S. The maximum absolute atomic E-state index is 12.4. The lowest BCUT2D eigenvalue weighted by Gasteiger charge is -2.20. The number of alkyl carbamates (subject to hydrolysis) is 1. The van der Waals surface area contributed by atoms with Crippen LogP contribution in [-0.2, 0) is 14.8 Å². The first kappa shape index (κ1) is 20.0. The number of amides is 1. The Hall–Kier alpha value is -2.09. The molecule has 0 atom stereocenters. The molecular weight excluding hydrogens is 330 g/mol. The Kier molecular flexibility index (Phi) is 6.77. The number of aryl methyl sites for hydroxylation is 1. The number of carbonyl (C=O) groups is 1. The fourth-order valence-electron chi connectivity index (χ4n) is 1.62. The third-order valence-corrected chi connectivity index (χ3v) is 4.03. The SMILES string of the molecule is CCCN=C(NC(=O)OC(C)(C)C)NS(=O)(=O)c1ccc(C)cc1. The van der Waals surface area contributed by atoms with Gasteiger partial charge in [0.2, 0.25) is 5.96 Å². The molecule has 0 aromatic heterocycles. The Bertz CT molecular complexity index is 689. The Morgan fingerprint density at radius 2 is 1.79 bits per heavy atom. The van der Waals surface area contributed by atoms with Crippen LogP contribution in [0.5, 0.6) is 0 Å². The van der Waals surface area contributed by atoms with Gasteiger partial charge in [-0.1, -0.05) is 24.6 Å². The van der Waals surface area contributed by atoms with Gasteiger partial charge in [-0.2, -0.15) is 0 Å². The number of guanidine groups is 1. The van der Waals surface area contributed by atoms with Crippen molar-refractivity contribution in [2.75, 3.05) is 6.54 Å². The van der Waals surface area contributed by atoms with Gasteiger partial charge < -0.3 is 4.74 Å². The summed E-state index contributed by atoms with van der Waals surface area (Å²) in [6, 6.07) is 6.36. The van der Waals surface area contributed by atoms with Crippen molar-refractivity contribution in [1.29, 1.82) is 0 Å². The summed E-state index contributed by atoms with van der Waals surface area (Å²) in [7, 11) is -3.85. The van der Waals surface area contributed by atoms with E-state index in [4.69, 9.17) is 4.74 Å². The minimum Gasteiger partial charge on any atom is -0.444 e. The maximum Gasteiger partial charge on any atom is 0.414 e. The van der Waals surface area contributed by atoms with Crippen LogP contribution in [0.4, 0.5) is 4.79 Å². The smallest absolute Gasteiger partial charge is 0.414 e. The second-order valence-electron chi connectivity index (χ2n) is 6.28. The Balaban J connectivity index is 2.93. The lowest BCUT2D eigenvalue weighted by molar-refractivity contribution is 0.0562. The van der Waals surface area contributed by atoms with Crippen molar-refractivity contribution in [3.63, 3.8) is 0 Å². The number of rotatable bonds is 4. The van der Waals surface area contributed by atoms with Gasteiger partial charge in [0.15, 0.2) is 0 Å². The van der Waals surface area contributed by atoms with Gasteiger partial charge in [-0.25, -0.2) is 17.9 Å². The van der Waals surface area contributed by atoms with Crippen LogP contribution in [0.25, 0.3) is 0 Å². The van der Waals surface area contributed by atoms with Crippen molar-refractivity contribution in [3.8, 4) is 0 Å². The van der Waals surface area contributed by atoms with Crippen molar-refractivity contribution in [3.05, 3.63) is 29.8 Å². The molecule has 1 aromatic rings. The molecule has 0 spiro atoms. The molecule has 24 heavy (non-hydrogen) atoms. The number of nitrogens with zero attached hydrogens (tertiary/aromatic N) is 1. The number of sulfonamides is 1. The molecule has 0 aliphatic rings. The first-order chi connectivity index (χ1) is 11.0. The van der Waals surface area contributed by atoms with Crippen LogP contribution in [0.15, 0.2) is 34.2 Å². The van der Waals surface area contributed by atoms with E-state index in [1.165, 1.54) is 12.1 Å². The van der Waals surface area contributed by atoms with Crippen LogP contribution >= 0.6 is 0 Å². The monoisotopic (exact) mass is 355 g/mol. The third-order valence-electron chi connectivity index (χ3n) is 2.68. The number of carbonyl (C=O) groups excluding carboxylic acids is 1. The number of hydrogen-bond donors (Lipinski definition) is 2. The predicted molar refractivity (Wildman–Crippen MR) is 93.5 cm³/mol. The zero-order valence-electron chi connectivity index (χ0n) is 14.7. The molecule has 7 nitrogen and oxygen atoms in total. The minimum absolute atomic E-state index is 0.0864. The van der Waals surface area contributed by atoms with Gasteiger partial charge in [0, 0.05) is 6.54 Å². The second kappa shape index (κ2) is 8.14. The highest BCUT2D eigenvalue weighted by Gasteiger charge is 2.21. The topological polar surface area (TPSA) is 96.9 Å². The van der Waals surface area contributed by atoms with Crippen LogP contribution in [0.3, 0.4) is 0 Å². The average Bonchev–Trinajstić information content (AvgIpc) is 2.42. The first-order valence-electron chi connectivity index (χ1n) is 7.67. The zero-order valence-corrected chi connectivity index (χ0v) is 15.5. The third kappa shape index (κ3) is 6.99. The molecule has 1 rings (SSSR count). The standard InChI is InChI=1S/C16H25N3O4S/c1-6-11-17-14(18-15(20)23-16(3,4)5)19-24(21,22)13-9-7-12(2)8-10-13/h7-10H,6,11H2,1-5H3,(H2,17,18,19,20). The van der Waals surface area contributed by atoms with Gasteiger partial charge >= 0.3 is 6.09 Å². The average molecular weight is 355 g/mol. The van der Waals surface area contributed by atoms with Gasteiger partial charge in [-0.05, 0) is 46.2 Å². The van der Waals surface area contributed by atoms with Crippen molar-refractivity contribution < 1.29 is 17.9 Å². The molecule has 0 aliphatic carbocycles. The van der Waals surface area contributed by atoms with Crippen molar-refractivity contribution in [1.82, 2.24) is 10.0 Å². The maximum atomic E-state index is 12.4. The van der Waals surface area contributed by atoms with E-state index in [2.05, 4.69) is 15.0 Å². The van der Waals surface area contributed by atoms with Crippen molar-refractivity contribution in [2.45, 2.75) is 51.5 Å². The molecule has 0 heterocycles. The normalized spacial score (nSPS) is 12.6. The van der Waals surface area contributed by atoms with E-state index in [0.29, 0.717) is 13.0 Å². The first-order valence-corrected chi connectivity index (χ1v) is 9.16. The Morgan fingerprint density at radius 3 is 2.29 bits per heavy atom. The van der Waals surface area contributed by atoms with Crippen LogP contribution in [-0.4, -0.2) is 32.6 Å². The highest BCUT2D eigenvalue weighted by Crippen LogP contribution is 2.10. The Morgan fingerprint density at radius 1 is 1.21 bits per heavy atom. The summed E-state index contributed by atoms with van der Waals surface area (Å²) in [6.07, 6.45) is -0.0740. The van der Waals surface area contributed by atoms with Gasteiger partial charge in [-0.3, -0.25) is 10.3 Å². The highest BCUT2D eigenvalue weighted by molar-refractivity contribution is 7.90. The number of ether oxygens (including phenoxy) is 1. The summed E-state index contributed by atoms with van der Waals surface area (Å²) in [4.78, 5) is 16.0. The zero-order chi connectivity index (χ0) is 18.4. The van der Waals surface area contributed by atoms with E-state index >= 15 is 0 Å². The minimum atomic E-state index is -3.85. The molecule has 1 aromatic carbocycles. The van der Waals surface area contributed by atoms with E-state index < -0.39 is 21.7 Å². The van der Waals surface area contributed by atoms with Crippen LogP contribution < -0.4 is 10.0 Å². The van der Waals surface area contributed by atoms with Crippen LogP contribution in [0.2, 0.25) is 0 Å². The van der Waals surface area contributed by atoms with E-state index in [9.17, 15) is 13.2 Å². The second-order valence-corrected chi connectivity index (χ2v) is 7.96. The predicted octanol–water partition coefficient (Wildman–Crippen LogP) is 2.56. The highest BCUT2D eigenvalue weighted by atomic mass is 32.2. The summed E-state index contributed by atoms with van der Waals surface area (Å²) in [5.41, 5.74) is 0.246. The lowest BCUT2D eigenvalue weighted by atomic mass is 10.2. The summed E-state index contributed by atoms with van der Waals surface area (Å²) >= 11 is 0. The number of benzene rings is 1. The van der Waals surface area contributed by atoms with Crippen molar-refractivity contribution in [2.24, 2.45) is 4.99 Å². The molecule has 134 valence electrons. The summed E-state index contributed by atoms with van der Waals surface area (Å²) in [5, 5.41) is 2.34. The van der Waals surface area contributed by atoms with Crippen LogP contribution in [0, 0.1) is 6.92 Å². The number of nitrogens with one attached hydrogen (secondary N) is 2. The van der Waals surface area contributed by atoms with Gasteiger partial charge in [-0.15, -0.1) is 0 Å². The summed E-state index contributed by atoms with van der Waals surface area (Å²) in [5.74, 6) is -0.160. The molecule has 0 bridgehead atoms. The molecule has 1 amide bonds. The molecule has 0 unspecified atom stereocenters. The number of aliphatic imine (C=N–C) groups is 1. The van der Waals surface area contributed by atoms with Gasteiger partial charge in [0.1, 0.15) is 5.60 Å². The fourth-order valence-corrected chi connectivity index (χ4v) is 2.61. The van der Waals surface area contributed by atoms with E-state index in [0.717, 1.165) is 5.56 Å². The van der Waals surface area contributed by atoms with Gasteiger partial charge in [0.25, 0.3) is 10.0 Å². The molecule has 0 aliphatic heterocycles. The Labute approximate surface area is 143 Å². The largest absolute Gasteiger partial charge is 0.444 e. The molecule has 0 fully saturated rings. The quantitative estimate of drug-likeness (QED) is 0.641.